The summed E-state index contributed by atoms with van der Waals surface area (Å²) in [5.74, 6) is 0.0289. The third kappa shape index (κ3) is 1.92. The molecule has 1 aromatic carbocycles. The fourth-order valence-electron chi connectivity index (χ4n) is 2.42. The minimum atomic E-state index is -0.798. The van der Waals surface area contributed by atoms with E-state index in [1.165, 1.54) is 0 Å². The summed E-state index contributed by atoms with van der Waals surface area (Å²) >= 11 is 1.56. The Morgan fingerprint density at radius 2 is 2.33 bits per heavy atom. The Labute approximate surface area is 110 Å². The summed E-state index contributed by atoms with van der Waals surface area (Å²) in [6.45, 7) is 3.29. The summed E-state index contributed by atoms with van der Waals surface area (Å²) < 4.78 is 0. The van der Waals surface area contributed by atoms with Crippen LogP contribution in [0.25, 0.3) is 0 Å². The van der Waals surface area contributed by atoms with Crippen molar-refractivity contribution >= 4 is 23.4 Å². The van der Waals surface area contributed by atoms with Crippen LogP contribution in [0.3, 0.4) is 0 Å². The number of benzene rings is 1. The fraction of sp³-hybridized carbons (Fsp3) is 0.462. The zero-order chi connectivity index (χ0) is 12.8. The van der Waals surface area contributed by atoms with Gasteiger partial charge in [-0.15, -0.1) is 11.8 Å². The van der Waals surface area contributed by atoms with E-state index >= 15 is 0 Å². The van der Waals surface area contributed by atoms with Crippen molar-refractivity contribution < 1.29 is 9.90 Å². The highest BCUT2D eigenvalue weighted by molar-refractivity contribution is 8.00. The number of hydrogen-bond acceptors (Lipinski definition) is 4. The monoisotopic (exact) mass is 264 g/mol. The Bertz CT molecular complexity index is 498. The molecule has 0 radical (unpaired) electrons. The number of fused-ring (bicyclic) bond motifs is 1. The summed E-state index contributed by atoms with van der Waals surface area (Å²) in [5, 5.41) is 16.5. The van der Waals surface area contributed by atoms with Gasteiger partial charge in [-0.2, -0.15) is 0 Å². The maximum Gasteiger partial charge on any atom is 0.237 e. The molecule has 1 fully saturated rings. The van der Waals surface area contributed by atoms with Crippen LogP contribution >= 0.6 is 11.8 Å². The second-order valence-electron chi connectivity index (χ2n) is 4.92. The second kappa shape index (κ2) is 4.26. The smallest absolute Gasteiger partial charge is 0.237 e. The third-order valence-electron chi connectivity index (χ3n) is 3.58. The van der Waals surface area contributed by atoms with Gasteiger partial charge < -0.3 is 15.7 Å². The number of nitrogens with one attached hydrogen (secondary N) is 2. The largest absolute Gasteiger partial charge is 0.384 e. The van der Waals surface area contributed by atoms with E-state index in [4.69, 9.17) is 0 Å². The number of amides is 1. The number of β-amino-alcohol motifs (C(OH)–C–C–N with tert-alkyl or cyclic N) is 1. The molecular formula is C13H16N2O2S. The Morgan fingerprint density at radius 3 is 3.06 bits per heavy atom. The summed E-state index contributed by atoms with van der Waals surface area (Å²) in [4.78, 5) is 12.7. The molecule has 2 heterocycles. The molecule has 2 atom stereocenters. The summed E-state index contributed by atoms with van der Waals surface area (Å²) in [6.07, 6.45) is 0.712. The molecule has 2 unspecified atom stereocenters. The molecule has 1 saturated heterocycles. The lowest BCUT2D eigenvalue weighted by molar-refractivity contribution is -0.115. The number of hydrogen-bond donors (Lipinski definition) is 3. The van der Waals surface area contributed by atoms with Crippen molar-refractivity contribution in [3.8, 4) is 0 Å². The number of thioether (sulfide) groups is 1. The molecule has 1 aromatic rings. The molecule has 3 N–H and O–H groups in total. The highest BCUT2D eigenvalue weighted by atomic mass is 32.2. The van der Waals surface area contributed by atoms with Crippen molar-refractivity contribution in [3.63, 3.8) is 0 Å². The number of carbonyl (C=O) groups excluding carboxylic acids is 1. The van der Waals surface area contributed by atoms with Gasteiger partial charge in [0.1, 0.15) is 5.60 Å². The number of anilines is 1. The topological polar surface area (TPSA) is 61.4 Å². The van der Waals surface area contributed by atoms with Crippen molar-refractivity contribution in [1.82, 2.24) is 5.32 Å². The van der Waals surface area contributed by atoms with E-state index in [-0.39, 0.29) is 11.2 Å². The van der Waals surface area contributed by atoms with Crippen LogP contribution in [0, 0.1) is 0 Å². The summed E-state index contributed by atoms with van der Waals surface area (Å²) in [6, 6.07) is 5.85. The molecular weight excluding hydrogens is 248 g/mol. The Morgan fingerprint density at radius 1 is 1.50 bits per heavy atom. The predicted molar refractivity (Wildman–Crippen MR) is 71.8 cm³/mol. The average Bonchev–Trinajstić information content (AvgIpc) is 2.78. The van der Waals surface area contributed by atoms with E-state index in [0.717, 1.165) is 22.7 Å². The maximum atomic E-state index is 11.7. The quantitative estimate of drug-likeness (QED) is 0.715. The molecule has 0 bridgehead atoms. The van der Waals surface area contributed by atoms with Crippen LogP contribution in [0.5, 0.6) is 0 Å². The Kier molecular flexibility index (Phi) is 2.84. The van der Waals surface area contributed by atoms with Crippen LogP contribution < -0.4 is 10.6 Å². The predicted octanol–water partition coefficient (Wildman–Crippen LogP) is 1.30. The second-order valence-corrected chi connectivity index (χ2v) is 6.30. The molecule has 5 heteroatoms. The van der Waals surface area contributed by atoms with Gasteiger partial charge in [-0.25, -0.2) is 0 Å². The molecule has 96 valence electrons. The van der Waals surface area contributed by atoms with E-state index in [0.29, 0.717) is 13.0 Å². The van der Waals surface area contributed by atoms with Crippen molar-refractivity contribution in [1.29, 1.82) is 0 Å². The fourth-order valence-corrected chi connectivity index (χ4v) is 3.35. The van der Waals surface area contributed by atoms with Crippen molar-refractivity contribution in [2.75, 3.05) is 18.4 Å². The normalized spacial score (nSPS) is 31.0. The number of rotatable bonds is 1. The van der Waals surface area contributed by atoms with Gasteiger partial charge in [-0.3, -0.25) is 4.79 Å². The van der Waals surface area contributed by atoms with Crippen molar-refractivity contribution in [2.45, 2.75) is 29.1 Å². The van der Waals surface area contributed by atoms with Crippen LogP contribution in [0.15, 0.2) is 23.1 Å². The molecule has 2 aliphatic rings. The lowest BCUT2D eigenvalue weighted by Crippen LogP contribution is -2.30. The van der Waals surface area contributed by atoms with Crippen LogP contribution in [0.4, 0.5) is 5.69 Å². The molecule has 1 amide bonds. The van der Waals surface area contributed by atoms with Gasteiger partial charge in [0.2, 0.25) is 5.91 Å². The van der Waals surface area contributed by atoms with Gasteiger partial charge in [0.25, 0.3) is 0 Å². The first-order valence-corrected chi connectivity index (χ1v) is 7.02. The third-order valence-corrected chi connectivity index (χ3v) is 4.76. The Balaban J connectivity index is 1.96. The first-order valence-electron chi connectivity index (χ1n) is 6.14. The summed E-state index contributed by atoms with van der Waals surface area (Å²) in [7, 11) is 0. The van der Waals surface area contributed by atoms with Gasteiger partial charge >= 0.3 is 0 Å². The molecule has 3 rings (SSSR count). The molecule has 0 aromatic heterocycles. The molecule has 0 aliphatic carbocycles. The van der Waals surface area contributed by atoms with Gasteiger partial charge in [-0.05, 0) is 37.6 Å². The lowest BCUT2D eigenvalue weighted by atomic mass is 9.92. The summed E-state index contributed by atoms with van der Waals surface area (Å²) in [5.41, 5.74) is 0.899. The van der Waals surface area contributed by atoms with E-state index in [9.17, 15) is 9.90 Å². The first kappa shape index (κ1) is 12.0. The number of carbonyl (C=O) groups is 1. The SMILES string of the molecule is CC1Sc2ccc(C3(O)CCNC3)cc2NC1=O. The molecule has 2 aliphatic heterocycles. The van der Waals surface area contributed by atoms with E-state index in [2.05, 4.69) is 10.6 Å². The van der Waals surface area contributed by atoms with E-state index < -0.39 is 5.60 Å². The first-order chi connectivity index (χ1) is 8.58. The zero-order valence-corrected chi connectivity index (χ0v) is 11.0. The highest BCUT2D eigenvalue weighted by Gasteiger charge is 2.34. The van der Waals surface area contributed by atoms with Crippen LogP contribution in [-0.2, 0) is 10.4 Å². The number of aliphatic hydroxyl groups is 1. The van der Waals surface area contributed by atoms with E-state index in [1.807, 2.05) is 25.1 Å². The van der Waals surface area contributed by atoms with Gasteiger partial charge in [-0.1, -0.05) is 6.07 Å². The van der Waals surface area contributed by atoms with Gasteiger partial charge in [0.05, 0.1) is 10.9 Å². The highest BCUT2D eigenvalue weighted by Crippen LogP contribution is 2.38. The molecule has 0 spiro atoms. The van der Waals surface area contributed by atoms with Gasteiger partial charge in [0.15, 0.2) is 0 Å². The molecule has 4 nitrogen and oxygen atoms in total. The van der Waals surface area contributed by atoms with E-state index in [1.54, 1.807) is 11.8 Å². The Hall–Kier alpha value is -1.04. The van der Waals surface area contributed by atoms with Crippen LogP contribution in [0.1, 0.15) is 18.9 Å². The minimum absolute atomic E-state index is 0.0289. The van der Waals surface area contributed by atoms with Crippen LogP contribution in [0.2, 0.25) is 0 Å². The average molecular weight is 264 g/mol. The van der Waals surface area contributed by atoms with Crippen LogP contribution in [-0.4, -0.2) is 29.4 Å². The van der Waals surface area contributed by atoms with Crippen molar-refractivity contribution in [2.24, 2.45) is 0 Å². The maximum absolute atomic E-state index is 11.7. The zero-order valence-electron chi connectivity index (χ0n) is 10.2. The molecule has 18 heavy (non-hydrogen) atoms. The van der Waals surface area contributed by atoms with Crippen molar-refractivity contribution in [3.05, 3.63) is 23.8 Å². The standard InChI is InChI=1S/C13H16N2O2S/c1-8-12(16)15-10-6-9(2-3-11(10)18-8)13(17)4-5-14-7-13/h2-3,6,8,14,17H,4-5,7H2,1H3,(H,15,16). The van der Waals surface area contributed by atoms with Gasteiger partial charge in [0, 0.05) is 11.4 Å². The lowest BCUT2D eigenvalue weighted by Gasteiger charge is -2.26. The molecule has 0 saturated carbocycles. The minimum Gasteiger partial charge on any atom is -0.384 e.